The van der Waals surface area contributed by atoms with Crippen molar-refractivity contribution in [2.24, 2.45) is 11.1 Å². The second-order valence-electron chi connectivity index (χ2n) is 6.24. The van der Waals surface area contributed by atoms with Crippen LogP contribution >= 0.6 is 0 Å². The van der Waals surface area contributed by atoms with Gasteiger partial charge in [-0.3, -0.25) is 4.79 Å². The van der Waals surface area contributed by atoms with Crippen molar-refractivity contribution in [1.29, 1.82) is 0 Å². The van der Waals surface area contributed by atoms with E-state index >= 15 is 0 Å². The van der Waals surface area contributed by atoms with E-state index in [4.69, 9.17) is 10.5 Å². The van der Waals surface area contributed by atoms with Crippen LogP contribution in [-0.4, -0.2) is 31.2 Å². The van der Waals surface area contributed by atoms with Crippen molar-refractivity contribution in [3.63, 3.8) is 0 Å². The lowest BCUT2D eigenvalue weighted by atomic mass is 9.84. The molecule has 0 radical (unpaired) electrons. The van der Waals surface area contributed by atoms with E-state index in [1.807, 2.05) is 0 Å². The number of nitrogens with two attached hydrogens (primary N) is 1. The molecule has 4 nitrogen and oxygen atoms in total. The highest BCUT2D eigenvalue weighted by Crippen LogP contribution is 2.22. The van der Waals surface area contributed by atoms with Gasteiger partial charge in [0.1, 0.15) is 0 Å². The first kappa shape index (κ1) is 15.4. The lowest BCUT2D eigenvalue weighted by Gasteiger charge is -2.31. The topological polar surface area (TPSA) is 64.3 Å². The second kappa shape index (κ2) is 7.10. The van der Waals surface area contributed by atoms with Crippen LogP contribution in [0.2, 0.25) is 0 Å². The fourth-order valence-corrected chi connectivity index (χ4v) is 2.32. The molecule has 0 aromatic carbocycles. The molecule has 0 aromatic heterocycles. The molecule has 106 valence electrons. The number of hydrogen-bond acceptors (Lipinski definition) is 3. The summed E-state index contributed by atoms with van der Waals surface area (Å²) >= 11 is 0. The summed E-state index contributed by atoms with van der Waals surface area (Å²) in [7, 11) is 0. The number of rotatable bonds is 6. The third-order valence-corrected chi connectivity index (χ3v) is 3.55. The largest absolute Gasteiger partial charge is 0.378 e. The standard InChI is InChI=1S/C14H28N2O2/c1-14(2,3)12(8-9-15)16-13(17)7-6-11-5-4-10-18-11/h11-12H,4-10,15H2,1-3H3,(H,16,17). The molecule has 2 unspecified atom stereocenters. The summed E-state index contributed by atoms with van der Waals surface area (Å²) in [6, 6.07) is 0.152. The van der Waals surface area contributed by atoms with Gasteiger partial charge in [0.2, 0.25) is 5.91 Å². The van der Waals surface area contributed by atoms with E-state index in [2.05, 4.69) is 26.1 Å². The quantitative estimate of drug-likeness (QED) is 0.762. The van der Waals surface area contributed by atoms with Gasteiger partial charge in [-0.25, -0.2) is 0 Å². The van der Waals surface area contributed by atoms with E-state index in [0.29, 0.717) is 19.1 Å². The minimum Gasteiger partial charge on any atom is -0.378 e. The minimum absolute atomic E-state index is 0.0545. The van der Waals surface area contributed by atoms with Crippen molar-refractivity contribution in [1.82, 2.24) is 5.32 Å². The van der Waals surface area contributed by atoms with Crippen LogP contribution in [0.25, 0.3) is 0 Å². The van der Waals surface area contributed by atoms with E-state index in [-0.39, 0.29) is 17.4 Å². The van der Waals surface area contributed by atoms with E-state index in [1.165, 1.54) is 0 Å². The number of amides is 1. The predicted molar refractivity (Wildman–Crippen MR) is 73.3 cm³/mol. The molecule has 0 spiro atoms. The van der Waals surface area contributed by atoms with Crippen molar-refractivity contribution in [2.45, 2.75) is 65.0 Å². The molecular formula is C14H28N2O2. The third-order valence-electron chi connectivity index (χ3n) is 3.55. The normalized spacial score (nSPS) is 21.9. The van der Waals surface area contributed by atoms with Gasteiger partial charge in [-0.1, -0.05) is 20.8 Å². The Balaban J connectivity index is 2.31. The van der Waals surface area contributed by atoms with Gasteiger partial charge >= 0.3 is 0 Å². The Bertz CT molecular complexity index is 255. The molecule has 1 rings (SSSR count). The maximum atomic E-state index is 11.9. The molecule has 2 atom stereocenters. The molecule has 0 aliphatic carbocycles. The van der Waals surface area contributed by atoms with Crippen LogP contribution in [0.15, 0.2) is 0 Å². The fourth-order valence-electron chi connectivity index (χ4n) is 2.32. The second-order valence-corrected chi connectivity index (χ2v) is 6.24. The summed E-state index contributed by atoms with van der Waals surface area (Å²) in [6.07, 6.45) is 4.74. The lowest BCUT2D eigenvalue weighted by Crippen LogP contribution is -2.45. The highest BCUT2D eigenvalue weighted by Gasteiger charge is 2.25. The number of carbonyl (C=O) groups excluding carboxylic acids is 1. The summed E-state index contributed by atoms with van der Waals surface area (Å²) < 4.78 is 5.52. The van der Waals surface area contributed by atoms with Gasteiger partial charge in [0.25, 0.3) is 0 Å². The Morgan fingerprint density at radius 1 is 1.50 bits per heavy atom. The summed E-state index contributed by atoms with van der Waals surface area (Å²) in [4.78, 5) is 11.9. The molecule has 3 N–H and O–H groups in total. The Morgan fingerprint density at radius 2 is 2.22 bits per heavy atom. The number of hydrogen-bond donors (Lipinski definition) is 2. The van der Waals surface area contributed by atoms with Crippen molar-refractivity contribution >= 4 is 5.91 Å². The summed E-state index contributed by atoms with van der Waals surface area (Å²) in [5.41, 5.74) is 5.66. The van der Waals surface area contributed by atoms with Crippen LogP contribution in [0.1, 0.15) is 52.9 Å². The molecule has 18 heavy (non-hydrogen) atoms. The van der Waals surface area contributed by atoms with Gasteiger partial charge in [0, 0.05) is 19.1 Å². The maximum Gasteiger partial charge on any atom is 0.220 e. The zero-order valence-electron chi connectivity index (χ0n) is 12.0. The number of carbonyl (C=O) groups is 1. The van der Waals surface area contributed by atoms with Gasteiger partial charge < -0.3 is 15.8 Å². The Morgan fingerprint density at radius 3 is 2.72 bits per heavy atom. The van der Waals surface area contributed by atoms with Gasteiger partial charge in [0.15, 0.2) is 0 Å². The third kappa shape index (κ3) is 5.36. The van der Waals surface area contributed by atoms with Crippen molar-refractivity contribution in [3.8, 4) is 0 Å². The maximum absolute atomic E-state index is 11.9. The van der Waals surface area contributed by atoms with Gasteiger partial charge in [-0.15, -0.1) is 0 Å². The average molecular weight is 256 g/mol. The highest BCUT2D eigenvalue weighted by molar-refractivity contribution is 5.76. The van der Waals surface area contributed by atoms with E-state index in [0.717, 1.165) is 32.3 Å². The van der Waals surface area contributed by atoms with Crippen LogP contribution in [0.4, 0.5) is 0 Å². The van der Waals surface area contributed by atoms with E-state index < -0.39 is 0 Å². The van der Waals surface area contributed by atoms with Crippen LogP contribution in [0, 0.1) is 5.41 Å². The van der Waals surface area contributed by atoms with Crippen molar-refractivity contribution < 1.29 is 9.53 Å². The van der Waals surface area contributed by atoms with Crippen LogP contribution in [-0.2, 0) is 9.53 Å². The van der Waals surface area contributed by atoms with Crippen LogP contribution < -0.4 is 11.1 Å². The van der Waals surface area contributed by atoms with Crippen molar-refractivity contribution in [3.05, 3.63) is 0 Å². The number of ether oxygens (including phenoxy) is 1. The fraction of sp³-hybridized carbons (Fsp3) is 0.929. The molecular weight excluding hydrogens is 228 g/mol. The van der Waals surface area contributed by atoms with Crippen LogP contribution in [0.3, 0.4) is 0 Å². The molecule has 1 fully saturated rings. The Kier molecular flexibility index (Phi) is 6.09. The zero-order chi connectivity index (χ0) is 13.6. The Hall–Kier alpha value is -0.610. The van der Waals surface area contributed by atoms with Crippen LogP contribution in [0.5, 0.6) is 0 Å². The number of nitrogens with one attached hydrogen (secondary N) is 1. The zero-order valence-corrected chi connectivity index (χ0v) is 12.0. The highest BCUT2D eigenvalue weighted by atomic mass is 16.5. The van der Waals surface area contributed by atoms with Gasteiger partial charge in [-0.2, -0.15) is 0 Å². The summed E-state index contributed by atoms with van der Waals surface area (Å²) in [5.74, 6) is 0.124. The molecule has 0 saturated carbocycles. The summed E-state index contributed by atoms with van der Waals surface area (Å²) in [5, 5.41) is 3.11. The Labute approximate surface area is 111 Å². The molecule has 1 aliphatic heterocycles. The van der Waals surface area contributed by atoms with E-state index in [9.17, 15) is 4.79 Å². The molecule has 4 heteroatoms. The first-order chi connectivity index (χ1) is 8.43. The van der Waals surface area contributed by atoms with Crippen molar-refractivity contribution in [2.75, 3.05) is 13.2 Å². The SMILES string of the molecule is CC(C)(C)C(CCN)NC(=O)CCC1CCCO1. The predicted octanol–water partition coefficient (Wildman–Crippen LogP) is 1.83. The van der Waals surface area contributed by atoms with Gasteiger partial charge in [0.05, 0.1) is 6.10 Å². The van der Waals surface area contributed by atoms with E-state index in [1.54, 1.807) is 0 Å². The molecule has 1 aliphatic rings. The molecule has 0 bridgehead atoms. The summed E-state index contributed by atoms with van der Waals surface area (Å²) in [6.45, 7) is 7.85. The monoisotopic (exact) mass is 256 g/mol. The first-order valence-electron chi connectivity index (χ1n) is 7.04. The first-order valence-corrected chi connectivity index (χ1v) is 7.04. The molecule has 1 saturated heterocycles. The smallest absolute Gasteiger partial charge is 0.220 e. The molecule has 0 aromatic rings. The molecule has 1 heterocycles. The molecule has 1 amide bonds. The minimum atomic E-state index is 0.0545. The lowest BCUT2D eigenvalue weighted by molar-refractivity contribution is -0.123. The average Bonchev–Trinajstić information content (AvgIpc) is 2.77. The van der Waals surface area contributed by atoms with Gasteiger partial charge in [-0.05, 0) is 37.6 Å².